The summed E-state index contributed by atoms with van der Waals surface area (Å²) >= 11 is 0. The first-order valence-electron chi connectivity index (χ1n) is 7.25. The summed E-state index contributed by atoms with van der Waals surface area (Å²) in [6.45, 7) is 0. The van der Waals surface area contributed by atoms with Crippen molar-refractivity contribution in [1.29, 1.82) is 0 Å². The van der Waals surface area contributed by atoms with E-state index in [0.717, 1.165) is 11.8 Å². The van der Waals surface area contributed by atoms with E-state index in [-0.39, 0.29) is 5.41 Å². The van der Waals surface area contributed by atoms with Gasteiger partial charge in [0.15, 0.2) is 0 Å². The van der Waals surface area contributed by atoms with Gasteiger partial charge in [-0.05, 0) is 55.4 Å². The molecule has 4 aliphatic rings. The van der Waals surface area contributed by atoms with Crippen LogP contribution < -0.4 is 11.5 Å². The molecule has 2 heteroatoms. The molecule has 0 aliphatic heterocycles. The summed E-state index contributed by atoms with van der Waals surface area (Å²) in [5.41, 5.74) is 14.2. The van der Waals surface area contributed by atoms with Gasteiger partial charge in [-0.2, -0.15) is 0 Å². The first-order chi connectivity index (χ1) is 8.62. The van der Waals surface area contributed by atoms with Gasteiger partial charge in [-0.1, -0.05) is 30.3 Å². The van der Waals surface area contributed by atoms with Gasteiger partial charge >= 0.3 is 0 Å². The lowest BCUT2D eigenvalue weighted by Crippen LogP contribution is -2.76. The minimum Gasteiger partial charge on any atom is -0.313 e. The second kappa shape index (κ2) is 3.37. The molecule has 4 fully saturated rings. The third-order valence-electron chi connectivity index (χ3n) is 6.01. The molecule has 96 valence electrons. The van der Waals surface area contributed by atoms with Crippen LogP contribution in [-0.2, 0) is 5.41 Å². The van der Waals surface area contributed by atoms with E-state index in [2.05, 4.69) is 30.3 Å². The smallest absolute Gasteiger partial charge is 0.0765 e. The van der Waals surface area contributed by atoms with Gasteiger partial charge in [-0.3, -0.25) is 0 Å². The van der Waals surface area contributed by atoms with E-state index in [1.807, 2.05) is 0 Å². The number of hydrogen-bond acceptors (Lipinski definition) is 2. The van der Waals surface area contributed by atoms with Crippen LogP contribution in [0.5, 0.6) is 0 Å². The highest BCUT2D eigenvalue weighted by Gasteiger charge is 2.62. The van der Waals surface area contributed by atoms with Crippen LogP contribution in [0.25, 0.3) is 0 Å². The van der Waals surface area contributed by atoms with E-state index in [9.17, 15) is 0 Å². The van der Waals surface area contributed by atoms with Gasteiger partial charge in [0, 0.05) is 5.41 Å². The Labute approximate surface area is 109 Å². The average Bonchev–Trinajstić information content (AvgIpc) is 2.36. The van der Waals surface area contributed by atoms with Crippen molar-refractivity contribution >= 4 is 0 Å². The van der Waals surface area contributed by atoms with Crippen molar-refractivity contribution in [2.45, 2.75) is 43.2 Å². The molecule has 1 aromatic rings. The molecule has 4 aliphatic carbocycles. The Balaban J connectivity index is 1.87. The lowest BCUT2D eigenvalue weighted by molar-refractivity contribution is -0.0771. The second-order valence-corrected chi connectivity index (χ2v) is 6.93. The van der Waals surface area contributed by atoms with E-state index in [4.69, 9.17) is 11.5 Å². The third kappa shape index (κ3) is 1.20. The Morgan fingerprint density at radius 2 is 1.50 bits per heavy atom. The molecule has 4 saturated carbocycles. The molecule has 4 N–H and O–H groups in total. The van der Waals surface area contributed by atoms with Crippen molar-refractivity contribution in [3.8, 4) is 0 Å². The Bertz CT molecular complexity index is 451. The fraction of sp³-hybridized carbons (Fsp3) is 0.625. The number of rotatable bonds is 1. The van der Waals surface area contributed by atoms with Crippen LogP contribution in [0.15, 0.2) is 30.3 Å². The molecule has 0 radical (unpaired) electrons. The summed E-state index contributed by atoms with van der Waals surface area (Å²) in [6, 6.07) is 10.8. The van der Waals surface area contributed by atoms with Crippen molar-refractivity contribution in [3.05, 3.63) is 35.9 Å². The molecule has 0 spiro atoms. The van der Waals surface area contributed by atoms with Crippen LogP contribution in [0.4, 0.5) is 0 Å². The van der Waals surface area contributed by atoms with Crippen LogP contribution in [0.2, 0.25) is 0 Å². The molecule has 18 heavy (non-hydrogen) atoms. The van der Waals surface area contributed by atoms with Crippen LogP contribution in [-0.4, -0.2) is 5.66 Å². The average molecular weight is 242 g/mol. The van der Waals surface area contributed by atoms with Crippen LogP contribution in [0.3, 0.4) is 0 Å². The zero-order valence-corrected chi connectivity index (χ0v) is 10.8. The monoisotopic (exact) mass is 242 g/mol. The maximum Gasteiger partial charge on any atom is 0.0765 e. The summed E-state index contributed by atoms with van der Waals surface area (Å²) in [6.07, 6.45) is 6.35. The lowest BCUT2D eigenvalue weighted by atomic mass is 9.43. The van der Waals surface area contributed by atoms with E-state index < -0.39 is 5.66 Å². The van der Waals surface area contributed by atoms with Crippen LogP contribution in [0.1, 0.15) is 37.7 Å². The van der Waals surface area contributed by atoms with Crippen LogP contribution in [0, 0.1) is 17.8 Å². The lowest BCUT2D eigenvalue weighted by Gasteiger charge is -2.65. The summed E-state index contributed by atoms with van der Waals surface area (Å²) in [4.78, 5) is 0. The summed E-state index contributed by atoms with van der Waals surface area (Å²) in [7, 11) is 0. The van der Waals surface area contributed by atoms with E-state index >= 15 is 0 Å². The van der Waals surface area contributed by atoms with Crippen LogP contribution >= 0.6 is 0 Å². The maximum absolute atomic E-state index is 6.65. The first-order valence-corrected chi connectivity index (χ1v) is 7.25. The molecule has 0 aromatic heterocycles. The number of hydrogen-bond donors (Lipinski definition) is 2. The highest BCUT2D eigenvalue weighted by atomic mass is 15.0. The second-order valence-electron chi connectivity index (χ2n) is 6.93. The Morgan fingerprint density at radius 1 is 0.889 bits per heavy atom. The quantitative estimate of drug-likeness (QED) is 0.743. The molecular formula is C16H22N2. The van der Waals surface area contributed by atoms with Gasteiger partial charge in [-0.25, -0.2) is 0 Å². The van der Waals surface area contributed by atoms with Gasteiger partial charge in [-0.15, -0.1) is 0 Å². The fourth-order valence-corrected chi connectivity index (χ4v) is 5.34. The highest BCUT2D eigenvalue weighted by Crippen LogP contribution is 2.62. The van der Waals surface area contributed by atoms with Crippen molar-refractivity contribution in [1.82, 2.24) is 0 Å². The normalized spacial score (nSPS) is 44.2. The van der Waals surface area contributed by atoms with Crippen molar-refractivity contribution in [2.24, 2.45) is 29.2 Å². The van der Waals surface area contributed by atoms with Gasteiger partial charge in [0.2, 0.25) is 0 Å². The van der Waals surface area contributed by atoms with Crippen molar-refractivity contribution in [3.63, 3.8) is 0 Å². The summed E-state index contributed by atoms with van der Waals surface area (Å²) < 4.78 is 0. The molecule has 2 unspecified atom stereocenters. The molecule has 0 heterocycles. The van der Waals surface area contributed by atoms with E-state index in [1.165, 1.54) is 37.7 Å². The van der Waals surface area contributed by atoms with E-state index in [1.54, 1.807) is 0 Å². The molecular weight excluding hydrogens is 220 g/mol. The fourth-order valence-electron chi connectivity index (χ4n) is 5.34. The Kier molecular flexibility index (Phi) is 2.06. The van der Waals surface area contributed by atoms with Gasteiger partial charge in [0.1, 0.15) is 0 Å². The predicted molar refractivity (Wildman–Crippen MR) is 72.8 cm³/mol. The van der Waals surface area contributed by atoms with Crippen molar-refractivity contribution < 1.29 is 0 Å². The molecule has 5 rings (SSSR count). The topological polar surface area (TPSA) is 52.0 Å². The molecule has 2 nitrogen and oxygen atoms in total. The minimum absolute atomic E-state index is 0.0447. The third-order valence-corrected chi connectivity index (χ3v) is 6.01. The molecule has 1 aromatic carbocycles. The molecule has 0 amide bonds. The van der Waals surface area contributed by atoms with Gasteiger partial charge in [0.25, 0.3) is 0 Å². The molecule has 4 bridgehead atoms. The predicted octanol–water partition coefficient (Wildman–Crippen LogP) is 2.38. The maximum atomic E-state index is 6.65. The molecule has 0 saturated heterocycles. The zero-order valence-electron chi connectivity index (χ0n) is 10.8. The SMILES string of the molecule is NC1(N)C2CC3CC(C2)CC1(c1ccccc1)C3. The Hall–Kier alpha value is -0.860. The number of benzene rings is 1. The van der Waals surface area contributed by atoms with Gasteiger partial charge < -0.3 is 11.5 Å². The standard InChI is InChI=1S/C16H22N2/c17-16(18)14-7-11-6-12(8-14)10-15(16,9-11)13-4-2-1-3-5-13/h1-5,11-12,14H,6-10,17-18H2. The largest absolute Gasteiger partial charge is 0.313 e. The number of nitrogens with two attached hydrogens (primary N) is 2. The van der Waals surface area contributed by atoms with E-state index in [0.29, 0.717) is 5.92 Å². The van der Waals surface area contributed by atoms with Crippen molar-refractivity contribution in [2.75, 3.05) is 0 Å². The highest BCUT2D eigenvalue weighted by molar-refractivity contribution is 5.35. The first kappa shape index (κ1) is 11.0. The zero-order chi connectivity index (χ0) is 12.4. The summed E-state index contributed by atoms with van der Waals surface area (Å²) in [5.74, 6) is 2.26. The minimum atomic E-state index is -0.498. The Morgan fingerprint density at radius 3 is 2.11 bits per heavy atom. The summed E-state index contributed by atoms with van der Waals surface area (Å²) in [5, 5.41) is 0. The molecule has 2 atom stereocenters. The van der Waals surface area contributed by atoms with Gasteiger partial charge in [0.05, 0.1) is 5.66 Å².